The van der Waals surface area contributed by atoms with Crippen LogP contribution in [0.1, 0.15) is 216 Å². The highest BCUT2D eigenvalue weighted by Crippen LogP contribution is 2.13. The van der Waals surface area contributed by atoms with E-state index in [2.05, 4.69) is 121 Å². The number of nitrogens with zero attached hydrogens (tertiary/aromatic N) is 2. The van der Waals surface area contributed by atoms with Gasteiger partial charge < -0.3 is 25.7 Å². The average molecular weight is 858 g/mol. The second-order valence-electron chi connectivity index (χ2n) is 16.1. The predicted octanol–water partition coefficient (Wildman–Crippen LogP) is 13.5. The molecule has 8 heteroatoms. The maximum absolute atomic E-state index is 11.9. The van der Waals surface area contributed by atoms with E-state index in [1.807, 2.05) is 19.3 Å². The highest BCUT2D eigenvalue weighted by molar-refractivity contribution is 7.79. The van der Waals surface area contributed by atoms with E-state index in [-0.39, 0.29) is 24.2 Å². The summed E-state index contributed by atoms with van der Waals surface area (Å²) < 4.78 is 0. The van der Waals surface area contributed by atoms with Crippen LogP contribution < -0.4 is 10.6 Å². The molecule has 4 atom stereocenters. The standard InChI is InChI=1S/C26H53NO2.C17H33N3O.C4H10.C3H8.CH4S/c1-4-7-10-13-15-17-20-25(28)23-27(22-19-12-9-6-3)24-26(29)21-18-16-14-11-8-5-2;1-6-10-16(18-5)17(21)19-12-9-13-20(8-3)14-11-15(4)7-2;1-3-4-2;1-3-2;1-2/h6,25-26,28-29H,3-5,7-24H2,1-2H3;8,11,14-16,18H,3,6-7,9-10,12-13H2,1-2,4-5H3,(H,19,21);3-4H2,1-2H3;3H2,1-2H3;2H,1H3/b;14-11-;;;. The molecule has 0 spiro atoms. The van der Waals surface area contributed by atoms with Crippen LogP contribution >= 0.6 is 12.6 Å². The number of carbonyl (C=O) groups is 1. The fourth-order valence-electron chi connectivity index (χ4n) is 5.89. The summed E-state index contributed by atoms with van der Waals surface area (Å²) in [5.41, 5.74) is 0. The maximum Gasteiger partial charge on any atom is 0.237 e. The molecule has 0 fully saturated rings. The van der Waals surface area contributed by atoms with Gasteiger partial charge in [0.1, 0.15) is 0 Å². The normalized spacial score (nSPS) is 12.6. The molecule has 1 amide bonds. The fourth-order valence-corrected chi connectivity index (χ4v) is 5.89. The Morgan fingerprint density at radius 3 is 1.56 bits per heavy atom. The van der Waals surface area contributed by atoms with Crippen molar-refractivity contribution in [3.63, 3.8) is 0 Å². The van der Waals surface area contributed by atoms with Crippen LogP contribution in [0.2, 0.25) is 0 Å². The van der Waals surface area contributed by atoms with Gasteiger partial charge in [-0.1, -0.05) is 190 Å². The smallest absolute Gasteiger partial charge is 0.237 e. The molecule has 0 aromatic rings. The molecule has 0 aromatic carbocycles. The van der Waals surface area contributed by atoms with Crippen molar-refractivity contribution in [2.75, 3.05) is 46.0 Å². The Kier molecular flexibility index (Phi) is 66.5. The first kappa shape index (κ1) is 66.8. The lowest BCUT2D eigenvalue weighted by atomic mass is 10.1. The summed E-state index contributed by atoms with van der Waals surface area (Å²) in [4.78, 5) is 16.3. The third-order valence-electron chi connectivity index (χ3n) is 9.97. The van der Waals surface area contributed by atoms with Crippen LogP contribution in [0.4, 0.5) is 0 Å². The van der Waals surface area contributed by atoms with E-state index in [1.165, 1.54) is 83.5 Å². The Labute approximate surface area is 376 Å². The maximum atomic E-state index is 11.9. The van der Waals surface area contributed by atoms with Crippen LogP contribution in [-0.4, -0.2) is 90.2 Å². The molecule has 0 radical (unpaired) electrons. The van der Waals surface area contributed by atoms with Gasteiger partial charge in [0.05, 0.1) is 18.2 Å². The summed E-state index contributed by atoms with van der Waals surface area (Å²) in [6.45, 7) is 31.1. The molecular weight excluding hydrogens is 749 g/mol. The predicted molar refractivity (Wildman–Crippen MR) is 271 cm³/mol. The summed E-state index contributed by atoms with van der Waals surface area (Å²) in [5.74, 6) is 0.678. The molecule has 0 aliphatic rings. The highest BCUT2D eigenvalue weighted by Gasteiger charge is 2.16. The number of likely N-dealkylation sites (N-methyl/N-ethyl adjacent to an activating group) is 1. The molecule has 0 saturated heterocycles. The van der Waals surface area contributed by atoms with Crippen molar-refractivity contribution in [1.29, 1.82) is 0 Å². The first-order chi connectivity index (χ1) is 28.5. The minimum atomic E-state index is -0.262. The molecule has 4 N–H and O–H groups in total. The zero-order valence-electron chi connectivity index (χ0n) is 41.7. The third kappa shape index (κ3) is 56.7. The van der Waals surface area contributed by atoms with Crippen LogP contribution in [0.3, 0.4) is 0 Å². The first-order valence-corrected chi connectivity index (χ1v) is 25.6. The number of carbonyl (C=O) groups excluding carboxylic acids is 1. The molecule has 7 nitrogen and oxygen atoms in total. The van der Waals surface area contributed by atoms with Gasteiger partial charge in [-0.3, -0.25) is 9.69 Å². The van der Waals surface area contributed by atoms with Gasteiger partial charge in [0.2, 0.25) is 5.91 Å². The van der Waals surface area contributed by atoms with Crippen LogP contribution in [0.25, 0.3) is 0 Å². The van der Waals surface area contributed by atoms with E-state index in [1.54, 1.807) is 6.26 Å². The number of amides is 1. The summed E-state index contributed by atoms with van der Waals surface area (Å²) >= 11 is 3.53. The highest BCUT2D eigenvalue weighted by atomic mass is 32.1. The lowest BCUT2D eigenvalue weighted by Gasteiger charge is -2.27. The van der Waals surface area contributed by atoms with Gasteiger partial charge in [0, 0.05) is 26.2 Å². The molecule has 4 unspecified atom stereocenters. The summed E-state index contributed by atoms with van der Waals surface area (Å²) in [6, 6.07) is -0.0733. The van der Waals surface area contributed by atoms with E-state index in [0.717, 1.165) is 83.7 Å². The van der Waals surface area contributed by atoms with Gasteiger partial charge in [-0.05, 0) is 83.1 Å². The largest absolute Gasteiger partial charge is 0.392 e. The quantitative estimate of drug-likeness (QED) is 0.0245. The number of rotatable bonds is 36. The molecular formula is C51H108N4O3S. The van der Waals surface area contributed by atoms with Crippen LogP contribution in [-0.2, 0) is 4.79 Å². The fraction of sp³-hybridized carbons (Fsp3) is 0.863. The van der Waals surface area contributed by atoms with E-state index < -0.39 is 0 Å². The van der Waals surface area contributed by atoms with E-state index in [0.29, 0.717) is 25.6 Å². The Bertz CT molecular complexity index is 805. The second-order valence-corrected chi connectivity index (χ2v) is 16.1. The molecule has 59 heavy (non-hydrogen) atoms. The number of aliphatic hydroxyl groups is 2. The second kappa shape index (κ2) is 58.8. The number of hydrogen-bond donors (Lipinski definition) is 5. The van der Waals surface area contributed by atoms with E-state index in [9.17, 15) is 15.0 Å². The van der Waals surface area contributed by atoms with Crippen molar-refractivity contribution >= 4 is 18.5 Å². The van der Waals surface area contributed by atoms with Gasteiger partial charge in [-0.25, -0.2) is 0 Å². The Balaban J connectivity index is -0.000000282. The number of unbranched alkanes of at least 4 members (excludes halogenated alkanes) is 13. The lowest BCUT2D eigenvalue weighted by molar-refractivity contribution is -0.123. The lowest BCUT2D eigenvalue weighted by Crippen LogP contribution is -2.43. The van der Waals surface area contributed by atoms with Crippen molar-refractivity contribution in [2.45, 2.75) is 235 Å². The molecule has 0 aromatic heterocycles. The van der Waals surface area contributed by atoms with Crippen molar-refractivity contribution < 1.29 is 15.0 Å². The molecule has 0 bridgehead atoms. The summed E-state index contributed by atoms with van der Waals surface area (Å²) in [5, 5.41) is 27.0. The zero-order valence-corrected chi connectivity index (χ0v) is 42.6. The van der Waals surface area contributed by atoms with Crippen molar-refractivity contribution in [1.82, 2.24) is 20.4 Å². The van der Waals surface area contributed by atoms with Crippen molar-refractivity contribution in [3.05, 3.63) is 37.7 Å². The first-order valence-electron chi connectivity index (χ1n) is 24.7. The third-order valence-corrected chi connectivity index (χ3v) is 9.97. The number of hydrogen-bond acceptors (Lipinski definition) is 7. The summed E-state index contributed by atoms with van der Waals surface area (Å²) in [6.07, 6.45) is 37.3. The SMILES string of the molecule is C=CCCCCN(CC(O)CCCCCCCC)CC(O)CCCCCCCC.C=CN(/C=C\C(C)CC)CCCNC(=O)C(CCC)NC.CCC.CCCC.CS. The van der Waals surface area contributed by atoms with Gasteiger partial charge in [0.15, 0.2) is 0 Å². The Morgan fingerprint density at radius 1 is 0.661 bits per heavy atom. The zero-order chi connectivity index (χ0) is 45.8. The molecule has 0 aliphatic carbocycles. The van der Waals surface area contributed by atoms with Crippen LogP contribution in [0.5, 0.6) is 0 Å². The number of thiol groups is 1. The van der Waals surface area contributed by atoms with Gasteiger partial charge in [-0.15, -0.1) is 6.58 Å². The molecule has 0 saturated carbocycles. The van der Waals surface area contributed by atoms with Gasteiger partial charge >= 0.3 is 0 Å². The number of aliphatic hydroxyl groups excluding tert-OH is 2. The average Bonchev–Trinajstić information content (AvgIpc) is 3.24. The van der Waals surface area contributed by atoms with Crippen molar-refractivity contribution in [2.24, 2.45) is 5.92 Å². The molecule has 0 aliphatic heterocycles. The Morgan fingerprint density at radius 2 is 1.15 bits per heavy atom. The number of nitrogens with one attached hydrogen (secondary N) is 2. The topological polar surface area (TPSA) is 88.1 Å². The minimum Gasteiger partial charge on any atom is -0.392 e. The van der Waals surface area contributed by atoms with Gasteiger partial charge in [0.25, 0.3) is 0 Å². The Hall–Kier alpha value is -1.32. The van der Waals surface area contributed by atoms with Crippen molar-refractivity contribution in [3.8, 4) is 0 Å². The minimum absolute atomic E-state index is 0.0733. The molecule has 0 heterocycles. The monoisotopic (exact) mass is 857 g/mol. The van der Waals surface area contributed by atoms with E-state index in [4.69, 9.17) is 0 Å². The molecule has 0 rings (SSSR count). The summed E-state index contributed by atoms with van der Waals surface area (Å²) in [7, 11) is 1.83. The van der Waals surface area contributed by atoms with Gasteiger partial charge in [-0.2, -0.15) is 12.6 Å². The molecule has 356 valence electrons. The van der Waals surface area contributed by atoms with Crippen LogP contribution in [0.15, 0.2) is 37.7 Å². The number of allylic oxidation sites excluding steroid dienone is 2. The van der Waals surface area contributed by atoms with Crippen LogP contribution in [0, 0.1) is 5.92 Å². The van der Waals surface area contributed by atoms with E-state index >= 15 is 0 Å².